The molecule has 1 aliphatic heterocycles. The molecule has 1 unspecified atom stereocenters. The van der Waals surface area contributed by atoms with E-state index in [9.17, 15) is 19.2 Å². The van der Waals surface area contributed by atoms with Crippen molar-refractivity contribution < 1.29 is 217 Å². The van der Waals surface area contributed by atoms with Gasteiger partial charge in [0.15, 0.2) is 35.6 Å². The predicted molar refractivity (Wildman–Crippen MR) is 329 cm³/mol. The summed E-state index contributed by atoms with van der Waals surface area (Å²) in [6.07, 6.45) is 0. The average Bonchev–Trinajstić information content (AvgIpc) is 0.902. The smallest absolute Gasteiger partial charge is 1.00 e. The van der Waals surface area contributed by atoms with Crippen LogP contribution in [0.25, 0.3) is 4.85 Å². The van der Waals surface area contributed by atoms with Gasteiger partial charge >= 0.3 is 144 Å². The number of hydrogen-bond donors (Lipinski definition) is 4. The summed E-state index contributed by atoms with van der Waals surface area (Å²) in [6.45, 7) is 9.90. The zero-order chi connectivity index (χ0) is 66.1. The van der Waals surface area contributed by atoms with Gasteiger partial charge in [0, 0.05) is 39.4 Å². The second-order valence-corrected chi connectivity index (χ2v) is 18.7. The van der Waals surface area contributed by atoms with E-state index in [0.717, 1.165) is 30.8 Å². The van der Waals surface area contributed by atoms with Crippen molar-refractivity contribution in [3.63, 3.8) is 0 Å². The third kappa shape index (κ3) is 37.3. The molecular formula is C55H51BBr4K2N12NaO17. The summed E-state index contributed by atoms with van der Waals surface area (Å²) in [5.41, 5.74) is 18.9. The Balaban J connectivity index is -0.000000346. The number of methoxy groups -OCH3 is 3. The number of benzene rings is 3. The standard InChI is InChI=1S/C16H13BrN4O3.C16H13BrN4O2.C9H6BrNO.C7H8BrN3O2.C4H6O4.C2H4O2.CH2O3.B.2K.Na.H/c1-23-16-12(17)6-7-13(20-16)15(19)21-24-9-14(22)11-4-2-10(8-18)3-5-11;1-22-16-12(17)6-7-13(20-16)15-19-14(9-23-21-15)11-4-2-10(8-18)3-5-11;1-11-8-4-2-7(3-5-8)9(12)6-10;1-13-7-4(8)2-3-5(10-7)6(9)11-12;1-3(5)7-8-4(2)6;1-2(3)4;2-1-4-3;;;;;/h2-7H,9H2,1H3,(H2,19,21);2-7,14H,9H2,1H3,(H,19,21);2-5H,6H2;2-3,12H,1H3,(H2,9,11);1-2H3;1H3,(H,3,4);1,3H;;;;;/q;;;;;;;;3*+1;-1/p-2. The summed E-state index contributed by atoms with van der Waals surface area (Å²) in [5.74, 6) is -0.865. The van der Waals surface area contributed by atoms with E-state index in [1.165, 1.54) is 14.2 Å². The quantitative estimate of drug-likeness (QED) is 0.00793. The van der Waals surface area contributed by atoms with E-state index in [0.29, 0.717) is 89.4 Å². The second-order valence-electron chi connectivity index (χ2n) is 15.6. The van der Waals surface area contributed by atoms with Crippen molar-refractivity contribution in [1.82, 2.24) is 20.4 Å². The van der Waals surface area contributed by atoms with Crippen molar-refractivity contribution in [1.29, 1.82) is 10.5 Å². The largest absolute Gasteiger partial charge is 1.00 e. The number of amidine groups is 3. The number of carbonyl (C=O) groups is 6. The molecule has 7 rings (SSSR count). The van der Waals surface area contributed by atoms with Crippen LogP contribution < -0.4 is 174 Å². The van der Waals surface area contributed by atoms with E-state index in [1.807, 2.05) is 30.3 Å². The minimum atomic E-state index is -1.08. The average molecular weight is 1580 g/mol. The molecular weight excluding hydrogens is 1530 g/mol. The van der Waals surface area contributed by atoms with Crippen LogP contribution in [0.4, 0.5) is 5.69 Å². The molecule has 6 aromatic rings. The molecule has 0 spiro atoms. The molecule has 4 heterocycles. The number of alkyl halides is 1. The Bertz CT molecular complexity index is 3530. The number of nitrogens with one attached hydrogen (secondary N) is 1. The van der Waals surface area contributed by atoms with Crippen molar-refractivity contribution in [3.05, 3.63) is 179 Å². The first-order valence-electron chi connectivity index (χ1n) is 23.9. The van der Waals surface area contributed by atoms with Crippen LogP contribution in [0, 0.1) is 29.2 Å². The van der Waals surface area contributed by atoms with E-state index >= 15 is 0 Å². The first kappa shape index (κ1) is 92.8. The fourth-order valence-corrected chi connectivity index (χ4v) is 7.06. The molecule has 29 nitrogen and oxygen atoms in total. The molecule has 1 atom stereocenters. The van der Waals surface area contributed by atoms with Crippen LogP contribution in [0.3, 0.4) is 0 Å². The molecule has 6 N–H and O–H groups in total. The van der Waals surface area contributed by atoms with E-state index < -0.39 is 17.9 Å². The number of carboxylic acids is 1. The monoisotopic (exact) mass is 1580 g/mol. The number of pyridine rings is 3. The number of ether oxygens (including phenoxy) is 3. The molecule has 467 valence electrons. The first-order valence-corrected chi connectivity index (χ1v) is 27.4. The van der Waals surface area contributed by atoms with Gasteiger partial charge in [-0.15, -0.1) is 0 Å². The topological polar surface area (TPSA) is 434 Å². The van der Waals surface area contributed by atoms with Crippen LogP contribution >= 0.6 is 63.7 Å². The fourth-order valence-electron chi connectivity index (χ4n) is 5.58. The van der Waals surface area contributed by atoms with Gasteiger partial charge < -0.3 is 57.2 Å². The molecule has 3 radical (unpaired) electrons. The Morgan fingerprint density at radius 3 is 1.57 bits per heavy atom. The number of nitrogens with two attached hydrogens (primary N) is 2. The van der Waals surface area contributed by atoms with Crippen molar-refractivity contribution in [2.75, 3.05) is 39.9 Å². The van der Waals surface area contributed by atoms with E-state index in [1.54, 1.807) is 92.0 Å². The fraction of sp³-hybridized carbons (Fsp3) is 0.182. The molecule has 0 fully saturated rings. The van der Waals surface area contributed by atoms with Crippen molar-refractivity contribution in [2.24, 2.45) is 26.8 Å². The number of carboxylic acid groups (broad SMARTS) is 1. The Hall–Kier alpha value is -5.61. The number of aromatic nitrogens is 3. The maximum absolute atomic E-state index is 11.9. The summed E-state index contributed by atoms with van der Waals surface area (Å²) in [5, 5.41) is 50.1. The number of rotatable bonds is 14. The van der Waals surface area contributed by atoms with Gasteiger partial charge in [-0.1, -0.05) is 62.6 Å². The number of carbonyl (C=O) groups excluding carboxylic acids is 6. The van der Waals surface area contributed by atoms with E-state index in [4.69, 9.17) is 77.6 Å². The van der Waals surface area contributed by atoms with Crippen LogP contribution in [-0.4, -0.2) is 122 Å². The number of halogens is 4. The minimum absolute atomic E-state index is 0. The number of ketones is 2. The minimum Gasteiger partial charge on any atom is -1.00 e. The van der Waals surface area contributed by atoms with Gasteiger partial charge in [0.1, 0.15) is 29.7 Å². The number of oxime groups is 2. The summed E-state index contributed by atoms with van der Waals surface area (Å²) in [7, 11) is 4.53. The molecule has 0 bridgehead atoms. The van der Waals surface area contributed by atoms with Gasteiger partial charge in [-0.05, 0) is 133 Å². The van der Waals surface area contributed by atoms with Gasteiger partial charge in [0.25, 0.3) is 6.47 Å². The molecule has 37 heteroatoms. The normalized spacial score (nSPS) is 11.0. The second kappa shape index (κ2) is 53.7. The third-order valence-electron chi connectivity index (χ3n) is 9.47. The van der Waals surface area contributed by atoms with E-state index in [-0.39, 0.29) is 185 Å². The maximum atomic E-state index is 11.9. The van der Waals surface area contributed by atoms with Crippen molar-refractivity contribution >= 4 is 131 Å². The number of nitrogens with zero attached hydrogens (tertiary/aromatic N) is 9. The summed E-state index contributed by atoms with van der Waals surface area (Å²) >= 11 is 13.0. The van der Waals surface area contributed by atoms with Crippen LogP contribution in [0.2, 0.25) is 0 Å². The van der Waals surface area contributed by atoms with Gasteiger partial charge in [-0.3, -0.25) is 24.2 Å². The maximum Gasteiger partial charge on any atom is 1.00 e. The van der Waals surface area contributed by atoms with Crippen molar-refractivity contribution in [3.8, 4) is 29.8 Å². The van der Waals surface area contributed by atoms with Crippen LogP contribution in [-0.2, 0) is 43.5 Å². The Morgan fingerprint density at radius 2 is 1.16 bits per heavy atom. The third-order valence-corrected chi connectivity index (χ3v) is 11.8. The summed E-state index contributed by atoms with van der Waals surface area (Å²) < 4.78 is 17.4. The van der Waals surface area contributed by atoms with Crippen LogP contribution in [0.1, 0.15) is 82.7 Å². The molecule has 3 aromatic carbocycles. The first-order chi connectivity index (χ1) is 42.0. The van der Waals surface area contributed by atoms with Crippen LogP contribution in [0.5, 0.6) is 17.6 Å². The zero-order valence-electron chi connectivity index (χ0n) is 51.4. The van der Waals surface area contributed by atoms with Gasteiger partial charge in [-0.2, -0.15) is 10.5 Å². The van der Waals surface area contributed by atoms with Crippen LogP contribution in [0.15, 0.2) is 138 Å². The predicted octanol–water partition coefficient (Wildman–Crippen LogP) is -3.28. The number of aliphatic imine (C=N–C) groups is 1. The van der Waals surface area contributed by atoms with Crippen molar-refractivity contribution in [2.45, 2.75) is 26.8 Å². The molecule has 0 saturated carbocycles. The number of Topliss-reactive ketones (excluding diaryl/α,β-unsaturated/α-hetero) is 2. The van der Waals surface area contributed by atoms with Gasteiger partial charge in [0.2, 0.25) is 23.4 Å². The molecule has 0 saturated heterocycles. The molecule has 92 heavy (non-hydrogen) atoms. The number of hydrogen-bond acceptors (Lipinski definition) is 26. The Kier molecular flexibility index (Phi) is 54.2. The molecule has 0 aliphatic carbocycles. The zero-order valence-corrected chi connectivity index (χ0v) is 65.0. The summed E-state index contributed by atoms with van der Waals surface area (Å²) in [6, 6.07) is 34.4. The van der Waals surface area contributed by atoms with Gasteiger partial charge in [-0.25, -0.2) is 44.6 Å². The Labute approximate surface area is 671 Å². The Morgan fingerprint density at radius 1 is 0.750 bits per heavy atom. The van der Waals surface area contributed by atoms with E-state index in [2.05, 4.69) is 125 Å². The number of aliphatic carboxylic acids is 1. The van der Waals surface area contributed by atoms with Gasteiger partial charge in [0.05, 0.1) is 69.9 Å². The molecule has 0 amide bonds. The number of hydroxylamine groups is 1. The molecule has 1 aliphatic rings. The summed E-state index contributed by atoms with van der Waals surface area (Å²) in [4.78, 5) is 101. The number of nitriles is 2. The SMILES string of the molecule is CC(=O)OOC(C)=O.CC(=O)[O-].COc1nc(/C(N)=N/O)ccc1Br.COc1nc(/C(N)=N/OCC(=O)c2ccc(C#N)cc2)ccc1Br.COc1nc(C2=NC(c3ccc(C#N)cc3)CON2)ccc1Br.O=CO[O-].[B].[C-]#[N+]c1ccc(C(=O)CBr)cc1.[H-].[K+].[K+].[Na+]. The molecule has 3 aromatic heterocycles.